The second-order valence-corrected chi connectivity index (χ2v) is 8.69. The molecule has 4 rings (SSSR count). The number of piperidine rings is 1. The van der Waals surface area contributed by atoms with Crippen LogP contribution in [0.4, 0.5) is 0 Å². The Morgan fingerprint density at radius 2 is 1.96 bits per heavy atom. The number of hydrogen-bond donors (Lipinski definition) is 0. The molecule has 0 amide bonds. The summed E-state index contributed by atoms with van der Waals surface area (Å²) in [6.07, 6.45) is 5.15. The molecule has 126 valence electrons. The van der Waals surface area contributed by atoms with Crippen LogP contribution < -0.4 is 0 Å². The van der Waals surface area contributed by atoms with Crippen LogP contribution in [0.15, 0.2) is 35.4 Å². The fraction of sp³-hybridized carbons (Fsp3) is 0.412. The first kappa shape index (κ1) is 16.0. The van der Waals surface area contributed by atoms with E-state index >= 15 is 0 Å². The Hall–Kier alpha value is -1.50. The SMILES string of the molecule is Cc1ncc2c(n1)CC1CCCC2N1S(=O)(=O)c1ccc(Cl)cc1. The molecule has 0 N–H and O–H groups in total. The fourth-order valence-corrected chi connectivity index (χ4v) is 5.80. The van der Waals surface area contributed by atoms with E-state index in [1.54, 1.807) is 34.8 Å². The Balaban J connectivity index is 1.81. The molecule has 5 nitrogen and oxygen atoms in total. The highest BCUT2D eigenvalue weighted by molar-refractivity contribution is 7.89. The number of nitrogens with zero attached hydrogens (tertiary/aromatic N) is 3. The second-order valence-electron chi connectivity index (χ2n) is 6.41. The minimum atomic E-state index is -3.57. The molecule has 2 aromatic rings. The van der Waals surface area contributed by atoms with E-state index in [0.717, 1.165) is 36.3 Å². The van der Waals surface area contributed by atoms with Crippen molar-refractivity contribution in [2.24, 2.45) is 0 Å². The van der Waals surface area contributed by atoms with Crippen LogP contribution in [0.25, 0.3) is 0 Å². The van der Waals surface area contributed by atoms with Gasteiger partial charge in [0.15, 0.2) is 0 Å². The summed E-state index contributed by atoms with van der Waals surface area (Å²) in [5.41, 5.74) is 1.95. The summed E-state index contributed by atoms with van der Waals surface area (Å²) in [6.45, 7) is 1.87. The van der Waals surface area contributed by atoms with Crippen molar-refractivity contribution >= 4 is 21.6 Å². The standard InChI is InChI=1S/C17H18ClN3O2S/c1-11-19-10-15-16(20-11)9-13-3-2-4-17(15)21(13)24(22,23)14-7-5-12(18)6-8-14/h5-8,10,13,17H,2-4,9H2,1H3. The van der Waals surface area contributed by atoms with Gasteiger partial charge in [0.25, 0.3) is 0 Å². The number of rotatable bonds is 2. The average molecular weight is 364 g/mol. The van der Waals surface area contributed by atoms with Crippen LogP contribution in [0.5, 0.6) is 0 Å². The zero-order valence-corrected chi connectivity index (χ0v) is 14.9. The topological polar surface area (TPSA) is 63.2 Å². The molecule has 24 heavy (non-hydrogen) atoms. The van der Waals surface area contributed by atoms with Crippen molar-refractivity contribution < 1.29 is 8.42 Å². The van der Waals surface area contributed by atoms with Gasteiger partial charge in [0, 0.05) is 29.2 Å². The highest BCUT2D eigenvalue weighted by Gasteiger charge is 2.45. The summed E-state index contributed by atoms with van der Waals surface area (Å²) in [7, 11) is -3.57. The third-order valence-electron chi connectivity index (χ3n) is 4.88. The normalized spacial score (nSPS) is 23.8. The van der Waals surface area contributed by atoms with Crippen LogP contribution in [0.2, 0.25) is 5.02 Å². The van der Waals surface area contributed by atoms with E-state index in [9.17, 15) is 8.42 Å². The minimum Gasteiger partial charge on any atom is -0.241 e. The van der Waals surface area contributed by atoms with Crippen molar-refractivity contribution in [2.45, 2.75) is 49.6 Å². The van der Waals surface area contributed by atoms with Gasteiger partial charge in [0.05, 0.1) is 16.6 Å². The number of halogens is 1. The predicted octanol–water partition coefficient (Wildman–Crippen LogP) is 3.28. The largest absolute Gasteiger partial charge is 0.243 e. The predicted molar refractivity (Wildman–Crippen MR) is 91.3 cm³/mol. The minimum absolute atomic E-state index is 0.0359. The van der Waals surface area contributed by atoms with Crippen LogP contribution >= 0.6 is 11.6 Å². The number of aryl methyl sites for hydroxylation is 1. The molecular formula is C17H18ClN3O2S. The lowest BCUT2D eigenvalue weighted by Crippen LogP contribution is -2.50. The summed E-state index contributed by atoms with van der Waals surface area (Å²) in [4.78, 5) is 9.13. The van der Waals surface area contributed by atoms with Crippen molar-refractivity contribution in [3.63, 3.8) is 0 Å². The van der Waals surface area contributed by atoms with Gasteiger partial charge in [0.2, 0.25) is 10.0 Å². The molecule has 1 aromatic heterocycles. The van der Waals surface area contributed by atoms with Gasteiger partial charge in [-0.2, -0.15) is 4.31 Å². The van der Waals surface area contributed by atoms with Crippen LogP contribution in [0.1, 0.15) is 42.4 Å². The number of hydrogen-bond acceptors (Lipinski definition) is 4. The molecule has 0 radical (unpaired) electrons. The first-order chi connectivity index (χ1) is 11.5. The van der Waals surface area contributed by atoms with E-state index in [0.29, 0.717) is 16.3 Å². The maximum absolute atomic E-state index is 13.2. The molecule has 2 aliphatic heterocycles. The number of sulfonamides is 1. The van der Waals surface area contributed by atoms with Gasteiger partial charge in [-0.25, -0.2) is 18.4 Å². The van der Waals surface area contributed by atoms with E-state index in [1.165, 1.54) is 0 Å². The molecule has 2 aliphatic rings. The van der Waals surface area contributed by atoms with Crippen molar-refractivity contribution in [3.05, 3.63) is 52.6 Å². The molecule has 0 aliphatic carbocycles. The van der Waals surface area contributed by atoms with Crippen LogP contribution in [-0.2, 0) is 16.4 Å². The van der Waals surface area contributed by atoms with Gasteiger partial charge in [-0.05, 0) is 50.5 Å². The zero-order chi connectivity index (χ0) is 16.9. The Morgan fingerprint density at radius 3 is 2.71 bits per heavy atom. The third kappa shape index (κ3) is 2.53. The maximum atomic E-state index is 13.2. The smallest absolute Gasteiger partial charge is 0.241 e. The molecule has 2 unspecified atom stereocenters. The first-order valence-corrected chi connectivity index (χ1v) is 9.90. The van der Waals surface area contributed by atoms with E-state index in [1.807, 2.05) is 6.92 Å². The van der Waals surface area contributed by atoms with Gasteiger partial charge < -0.3 is 0 Å². The van der Waals surface area contributed by atoms with Crippen molar-refractivity contribution in [2.75, 3.05) is 0 Å². The van der Waals surface area contributed by atoms with Crippen molar-refractivity contribution in [1.82, 2.24) is 14.3 Å². The average Bonchev–Trinajstić information content (AvgIpc) is 2.54. The molecule has 2 bridgehead atoms. The van der Waals surface area contributed by atoms with Gasteiger partial charge in [-0.15, -0.1) is 0 Å². The third-order valence-corrected chi connectivity index (χ3v) is 7.11. The molecule has 2 atom stereocenters. The van der Waals surface area contributed by atoms with Gasteiger partial charge in [-0.3, -0.25) is 0 Å². The van der Waals surface area contributed by atoms with Crippen LogP contribution in [0, 0.1) is 6.92 Å². The van der Waals surface area contributed by atoms with Crippen LogP contribution in [-0.4, -0.2) is 28.7 Å². The lowest BCUT2D eigenvalue weighted by molar-refractivity contribution is 0.160. The molecular weight excluding hydrogens is 346 g/mol. The molecule has 1 aromatic carbocycles. The van der Waals surface area contributed by atoms with E-state index in [4.69, 9.17) is 11.6 Å². The van der Waals surface area contributed by atoms with E-state index in [-0.39, 0.29) is 12.1 Å². The molecule has 0 spiro atoms. The Labute approximate surface area is 146 Å². The van der Waals surface area contributed by atoms with Gasteiger partial charge in [0.1, 0.15) is 5.82 Å². The second kappa shape index (κ2) is 5.79. The highest BCUT2D eigenvalue weighted by atomic mass is 35.5. The molecule has 3 heterocycles. The van der Waals surface area contributed by atoms with Crippen molar-refractivity contribution in [3.8, 4) is 0 Å². The quantitative estimate of drug-likeness (QED) is 0.821. The number of benzene rings is 1. The molecule has 1 saturated heterocycles. The van der Waals surface area contributed by atoms with Crippen molar-refractivity contribution in [1.29, 1.82) is 0 Å². The summed E-state index contributed by atoms with van der Waals surface area (Å²) >= 11 is 5.90. The molecule has 0 saturated carbocycles. The van der Waals surface area contributed by atoms with Crippen LogP contribution in [0.3, 0.4) is 0 Å². The summed E-state index contributed by atoms with van der Waals surface area (Å²) < 4.78 is 28.1. The highest BCUT2D eigenvalue weighted by Crippen LogP contribution is 2.44. The van der Waals surface area contributed by atoms with Gasteiger partial charge >= 0.3 is 0 Å². The summed E-state index contributed by atoms with van der Waals surface area (Å²) in [5, 5.41) is 0.530. The lowest BCUT2D eigenvalue weighted by atomic mass is 9.85. The maximum Gasteiger partial charge on any atom is 0.243 e. The van der Waals surface area contributed by atoms with Gasteiger partial charge in [-0.1, -0.05) is 11.6 Å². The van der Waals surface area contributed by atoms with E-state index < -0.39 is 10.0 Å². The Morgan fingerprint density at radius 1 is 1.21 bits per heavy atom. The molecule has 7 heteroatoms. The first-order valence-electron chi connectivity index (χ1n) is 8.08. The summed E-state index contributed by atoms with van der Waals surface area (Å²) in [6, 6.07) is 6.19. The zero-order valence-electron chi connectivity index (χ0n) is 13.3. The number of aromatic nitrogens is 2. The number of fused-ring (bicyclic) bond motifs is 4. The monoisotopic (exact) mass is 363 g/mol. The fourth-order valence-electron chi connectivity index (χ4n) is 3.82. The molecule has 1 fully saturated rings. The summed E-state index contributed by atoms with van der Waals surface area (Å²) in [5.74, 6) is 0.737. The van der Waals surface area contributed by atoms with E-state index in [2.05, 4.69) is 9.97 Å². The Bertz CT molecular complexity index is 883. The Kier molecular flexibility index (Phi) is 3.86. The lowest BCUT2D eigenvalue weighted by Gasteiger charge is -2.45.